The van der Waals surface area contributed by atoms with Crippen molar-refractivity contribution >= 4 is 29.3 Å². The molecule has 150 valence electrons. The van der Waals surface area contributed by atoms with Crippen molar-refractivity contribution in [1.29, 1.82) is 0 Å². The minimum absolute atomic E-state index is 0.0493. The SMILES string of the molecule is COc1cc(/C=C/C(=O)Nc2ccc(OC(F)F)c(Cl)c2)cc(OC)c1OC. The van der Waals surface area contributed by atoms with Crippen molar-refractivity contribution in [2.75, 3.05) is 26.6 Å². The lowest BCUT2D eigenvalue weighted by atomic mass is 10.1. The average Bonchev–Trinajstić information content (AvgIpc) is 2.67. The average molecular weight is 414 g/mol. The monoisotopic (exact) mass is 413 g/mol. The first-order valence-electron chi connectivity index (χ1n) is 7.91. The molecule has 2 rings (SSSR count). The lowest BCUT2D eigenvalue weighted by Gasteiger charge is -2.12. The van der Waals surface area contributed by atoms with Gasteiger partial charge in [0.2, 0.25) is 11.7 Å². The van der Waals surface area contributed by atoms with E-state index in [1.807, 2.05) is 0 Å². The molecule has 0 fully saturated rings. The summed E-state index contributed by atoms with van der Waals surface area (Å²) in [6.45, 7) is -2.99. The van der Waals surface area contributed by atoms with Crippen molar-refractivity contribution in [1.82, 2.24) is 0 Å². The van der Waals surface area contributed by atoms with Gasteiger partial charge in [-0.25, -0.2) is 0 Å². The Hall–Kier alpha value is -3.00. The fourth-order valence-corrected chi connectivity index (χ4v) is 2.55. The van der Waals surface area contributed by atoms with Gasteiger partial charge in [-0.15, -0.1) is 0 Å². The maximum absolute atomic E-state index is 12.2. The van der Waals surface area contributed by atoms with Gasteiger partial charge in [0, 0.05) is 11.8 Å². The number of amides is 1. The molecular weight excluding hydrogens is 396 g/mol. The zero-order valence-corrected chi connectivity index (χ0v) is 16.0. The number of alkyl halides is 2. The highest BCUT2D eigenvalue weighted by atomic mass is 35.5. The molecule has 0 atom stereocenters. The van der Waals surface area contributed by atoms with E-state index in [-0.39, 0.29) is 10.8 Å². The van der Waals surface area contributed by atoms with E-state index < -0.39 is 12.5 Å². The zero-order chi connectivity index (χ0) is 20.7. The number of hydrogen-bond donors (Lipinski definition) is 1. The molecule has 0 saturated heterocycles. The van der Waals surface area contributed by atoms with Crippen LogP contribution in [-0.2, 0) is 4.79 Å². The number of hydrogen-bond acceptors (Lipinski definition) is 5. The molecule has 0 aliphatic rings. The summed E-state index contributed by atoms with van der Waals surface area (Å²) in [5, 5.41) is 2.52. The lowest BCUT2D eigenvalue weighted by molar-refractivity contribution is -0.111. The highest BCUT2D eigenvalue weighted by Gasteiger charge is 2.13. The van der Waals surface area contributed by atoms with Crippen LogP contribution < -0.4 is 24.3 Å². The van der Waals surface area contributed by atoms with Crippen LogP contribution in [0.5, 0.6) is 23.0 Å². The second kappa shape index (κ2) is 9.80. The first kappa shape index (κ1) is 21.3. The van der Waals surface area contributed by atoms with Gasteiger partial charge in [-0.05, 0) is 42.0 Å². The van der Waals surface area contributed by atoms with Crippen LogP contribution in [-0.4, -0.2) is 33.8 Å². The van der Waals surface area contributed by atoms with Gasteiger partial charge in [0.15, 0.2) is 11.5 Å². The van der Waals surface area contributed by atoms with Crippen LogP contribution in [0.2, 0.25) is 5.02 Å². The van der Waals surface area contributed by atoms with Crippen LogP contribution in [0.4, 0.5) is 14.5 Å². The van der Waals surface area contributed by atoms with E-state index in [1.165, 1.54) is 45.6 Å². The number of halogens is 3. The Balaban J connectivity index is 2.13. The maximum Gasteiger partial charge on any atom is 0.387 e. The normalized spacial score (nSPS) is 10.8. The van der Waals surface area contributed by atoms with Gasteiger partial charge in [0.05, 0.1) is 26.4 Å². The molecule has 1 amide bonds. The summed E-state index contributed by atoms with van der Waals surface area (Å²) in [7, 11) is 4.47. The lowest BCUT2D eigenvalue weighted by Crippen LogP contribution is -2.08. The van der Waals surface area contributed by atoms with Crippen molar-refractivity contribution in [3.8, 4) is 23.0 Å². The van der Waals surface area contributed by atoms with Gasteiger partial charge in [-0.2, -0.15) is 8.78 Å². The molecule has 1 N–H and O–H groups in total. The number of methoxy groups -OCH3 is 3. The third-order valence-electron chi connectivity index (χ3n) is 3.53. The van der Waals surface area contributed by atoms with Crippen molar-refractivity contribution in [2.45, 2.75) is 6.61 Å². The van der Waals surface area contributed by atoms with E-state index in [2.05, 4.69) is 10.1 Å². The molecule has 0 aliphatic heterocycles. The van der Waals surface area contributed by atoms with Crippen molar-refractivity contribution in [2.24, 2.45) is 0 Å². The molecule has 0 aromatic heterocycles. The van der Waals surface area contributed by atoms with Crippen LogP contribution in [0.1, 0.15) is 5.56 Å². The van der Waals surface area contributed by atoms with E-state index in [1.54, 1.807) is 18.2 Å². The molecule has 0 unspecified atom stereocenters. The summed E-state index contributed by atoms with van der Waals surface area (Å²) in [6.07, 6.45) is 2.84. The van der Waals surface area contributed by atoms with Gasteiger partial charge >= 0.3 is 6.61 Å². The quantitative estimate of drug-likeness (QED) is 0.640. The number of nitrogens with one attached hydrogen (secondary N) is 1. The van der Waals surface area contributed by atoms with Gasteiger partial charge in [0.25, 0.3) is 0 Å². The summed E-state index contributed by atoms with van der Waals surface area (Å²) in [5.74, 6) is 0.703. The number of benzene rings is 2. The molecule has 9 heteroatoms. The first-order valence-corrected chi connectivity index (χ1v) is 8.29. The predicted molar refractivity (Wildman–Crippen MR) is 102 cm³/mol. The molecule has 0 spiro atoms. The van der Waals surface area contributed by atoms with Crippen molar-refractivity contribution in [3.05, 3.63) is 47.0 Å². The molecule has 6 nitrogen and oxygen atoms in total. The van der Waals surface area contributed by atoms with E-state index in [0.717, 1.165) is 0 Å². The molecule has 0 bridgehead atoms. The Morgan fingerprint density at radius 1 is 1.04 bits per heavy atom. The molecule has 0 radical (unpaired) electrons. The second-order valence-electron chi connectivity index (χ2n) is 5.30. The Morgan fingerprint density at radius 3 is 2.18 bits per heavy atom. The molecule has 0 heterocycles. The minimum Gasteiger partial charge on any atom is -0.493 e. The van der Waals surface area contributed by atoms with Crippen LogP contribution >= 0.6 is 11.6 Å². The topological polar surface area (TPSA) is 66.0 Å². The first-order chi connectivity index (χ1) is 13.4. The summed E-state index contributed by atoms with van der Waals surface area (Å²) in [5.41, 5.74) is 0.967. The molecule has 28 heavy (non-hydrogen) atoms. The smallest absolute Gasteiger partial charge is 0.387 e. The summed E-state index contributed by atoms with van der Waals surface area (Å²) in [6, 6.07) is 7.31. The van der Waals surface area contributed by atoms with Gasteiger partial charge in [-0.3, -0.25) is 4.79 Å². The summed E-state index contributed by atoms with van der Waals surface area (Å²) < 4.78 is 44.5. The fourth-order valence-electron chi connectivity index (χ4n) is 2.32. The Morgan fingerprint density at radius 2 is 1.68 bits per heavy atom. The maximum atomic E-state index is 12.2. The van der Waals surface area contributed by atoms with Crippen LogP contribution in [0, 0.1) is 0 Å². The number of carbonyl (C=O) groups excluding carboxylic acids is 1. The van der Waals surface area contributed by atoms with E-state index in [9.17, 15) is 13.6 Å². The number of rotatable bonds is 8. The minimum atomic E-state index is -2.99. The number of ether oxygens (including phenoxy) is 4. The van der Waals surface area contributed by atoms with Gasteiger partial charge in [-0.1, -0.05) is 11.6 Å². The van der Waals surface area contributed by atoms with Crippen LogP contribution in [0.25, 0.3) is 6.08 Å². The standard InChI is InChI=1S/C19H18ClF2NO5/c1-25-15-8-11(9-16(26-2)18(15)27-3)4-7-17(24)23-12-5-6-14(13(20)10-12)28-19(21)22/h4-10,19H,1-3H3,(H,23,24)/b7-4+. The third-order valence-corrected chi connectivity index (χ3v) is 3.83. The van der Waals surface area contributed by atoms with Gasteiger partial charge < -0.3 is 24.3 Å². The zero-order valence-electron chi connectivity index (χ0n) is 15.3. The Kier molecular flexibility index (Phi) is 7.45. The second-order valence-corrected chi connectivity index (χ2v) is 5.71. The highest BCUT2D eigenvalue weighted by Crippen LogP contribution is 2.38. The van der Waals surface area contributed by atoms with Crippen LogP contribution in [0.15, 0.2) is 36.4 Å². The molecule has 2 aromatic carbocycles. The number of anilines is 1. The predicted octanol–water partition coefficient (Wildman–Crippen LogP) is 4.62. The highest BCUT2D eigenvalue weighted by molar-refractivity contribution is 6.32. The Bertz CT molecular complexity index is 848. The summed E-state index contributed by atoms with van der Waals surface area (Å²) >= 11 is 5.86. The van der Waals surface area contributed by atoms with Crippen molar-refractivity contribution < 1.29 is 32.5 Å². The van der Waals surface area contributed by atoms with Crippen LogP contribution in [0.3, 0.4) is 0 Å². The Labute approximate surface area is 165 Å². The molecule has 2 aromatic rings. The van der Waals surface area contributed by atoms with E-state index in [0.29, 0.717) is 28.5 Å². The fraction of sp³-hybridized carbons (Fsp3) is 0.211. The molecular formula is C19H18ClF2NO5. The third kappa shape index (κ3) is 5.50. The molecule has 0 saturated carbocycles. The molecule has 0 aliphatic carbocycles. The summed E-state index contributed by atoms with van der Waals surface area (Å²) in [4.78, 5) is 12.1. The van der Waals surface area contributed by atoms with Gasteiger partial charge in [0.1, 0.15) is 5.75 Å². The van der Waals surface area contributed by atoms with E-state index >= 15 is 0 Å². The van der Waals surface area contributed by atoms with Crippen molar-refractivity contribution in [3.63, 3.8) is 0 Å². The largest absolute Gasteiger partial charge is 0.493 e. The number of carbonyl (C=O) groups is 1. The van der Waals surface area contributed by atoms with E-state index in [4.69, 9.17) is 25.8 Å².